The first-order valence-corrected chi connectivity index (χ1v) is 12.9. The molecule has 1 N–H and O–H groups in total. The Morgan fingerprint density at radius 2 is 1.68 bits per heavy atom. The third-order valence-corrected chi connectivity index (χ3v) is 7.94. The molecule has 1 aliphatic carbocycles. The molecular formula is C29H46O2. The Hall–Kier alpha value is -1.44. The fourth-order valence-corrected chi connectivity index (χ4v) is 5.80. The lowest BCUT2D eigenvalue weighted by molar-refractivity contribution is 0.00741. The highest BCUT2D eigenvalue weighted by atomic mass is 16.5. The minimum Gasteiger partial charge on any atom is -0.508 e. The van der Waals surface area contributed by atoms with Gasteiger partial charge in [-0.2, -0.15) is 0 Å². The summed E-state index contributed by atoms with van der Waals surface area (Å²) >= 11 is 0. The van der Waals surface area contributed by atoms with E-state index >= 15 is 0 Å². The molecule has 0 fully saturated rings. The second-order valence-corrected chi connectivity index (χ2v) is 11.4. The number of phenols is 1. The number of rotatable bonds is 10. The number of hydrogen-bond donors (Lipinski definition) is 1. The number of hydrogen-bond acceptors (Lipinski definition) is 2. The van der Waals surface area contributed by atoms with Crippen LogP contribution >= 0.6 is 0 Å². The van der Waals surface area contributed by atoms with E-state index in [0.717, 1.165) is 30.6 Å². The van der Waals surface area contributed by atoms with Gasteiger partial charge in [0.1, 0.15) is 17.1 Å². The Bertz CT molecular complexity index is 771. The quantitative estimate of drug-likeness (QED) is 0.299. The highest BCUT2D eigenvalue weighted by Gasteiger charge is 2.46. The van der Waals surface area contributed by atoms with Gasteiger partial charge in [-0.25, -0.2) is 0 Å². The zero-order chi connectivity index (χ0) is 22.6. The van der Waals surface area contributed by atoms with Crippen LogP contribution in [0.1, 0.15) is 129 Å². The monoisotopic (exact) mass is 426 g/mol. The lowest BCUT2D eigenvalue weighted by atomic mass is 9.66. The minimum absolute atomic E-state index is 0.0431. The molecule has 1 aliphatic heterocycles. The van der Waals surface area contributed by atoms with E-state index in [-0.39, 0.29) is 11.0 Å². The van der Waals surface area contributed by atoms with Crippen molar-refractivity contribution in [2.24, 2.45) is 5.92 Å². The van der Waals surface area contributed by atoms with Crippen LogP contribution < -0.4 is 4.74 Å². The fourth-order valence-electron chi connectivity index (χ4n) is 5.80. The van der Waals surface area contributed by atoms with Crippen molar-refractivity contribution in [2.75, 3.05) is 0 Å². The summed E-state index contributed by atoms with van der Waals surface area (Å²) in [6.07, 6.45) is 16.3. The van der Waals surface area contributed by atoms with Gasteiger partial charge in [-0.05, 0) is 63.1 Å². The van der Waals surface area contributed by atoms with Gasteiger partial charge in [0, 0.05) is 17.4 Å². The molecule has 0 radical (unpaired) electrons. The molecule has 0 unspecified atom stereocenters. The molecule has 1 heterocycles. The standard InChI is InChI=1S/C29H46O2/c1-7-8-9-10-11-12-13-14-17-28(3,4)22-19-25(30)27-23-18-21(2)15-16-24(23)29(5,6)31-26(27)20-22/h15,19-20,23-24,30H,7-14,16-18H2,1-6H3/t23-,24-/m1/s1. The lowest BCUT2D eigenvalue weighted by Gasteiger charge is -2.47. The van der Waals surface area contributed by atoms with Gasteiger partial charge in [0.05, 0.1) is 0 Å². The van der Waals surface area contributed by atoms with Crippen molar-refractivity contribution in [3.8, 4) is 11.5 Å². The molecule has 0 saturated heterocycles. The predicted octanol–water partition coefficient (Wildman–Crippen LogP) is 8.81. The zero-order valence-corrected chi connectivity index (χ0v) is 21.0. The molecule has 0 amide bonds. The summed E-state index contributed by atoms with van der Waals surface area (Å²) < 4.78 is 6.54. The van der Waals surface area contributed by atoms with Crippen LogP contribution in [0.2, 0.25) is 0 Å². The molecule has 1 aromatic carbocycles. The molecule has 0 bridgehead atoms. The van der Waals surface area contributed by atoms with Crippen molar-refractivity contribution in [1.29, 1.82) is 0 Å². The van der Waals surface area contributed by atoms with Gasteiger partial charge in [-0.15, -0.1) is 0 Å². The SMILES string of the molecule is CCCCCCCCCCC(C)(C)c1cc(O)c2c(c1)OC(C)(C)[C@@H]1CC=C(C)C[C@@H]21. The summed E-state index contributed by atoms with van der Waals surface area (Å²) in [4.78, 5) is 0. The maximum Gasteiger partial charge on any atom is 0.127 e. The first kappa shape index (κ1) is 24.2. The molecule has 0 spiro atoms. The number of unbranched alkanes of at least 4 members (excludes halogenated alkanes) is 7. The average molecular weight is 427 g/mol. The fraction of sp³-hybridized carbons (Fsp3) is 0.724. The lowest BCUT2D eigenvalue weighted by Crippen LogP contribution is -2.45. The van der Waals surface area contributed by atoms with Crippen molar-refractivity contribution < 1.29 is 9.84 Å². The molecule has 1 aromatic rings. The first-order chi connectivity index (χ1) is 14.7. The van der Waals surface area contributed by atoms with E-state index in [1.165, 1.54) is 62.5 Å². The Labute approximate surface area is 191 Å². The smallest absolute Gasteiger partial charge is 0.127 e. The molecule has 0 aromatic heterocycles. The van der Waals surface area contributed by atoms with E-state index in [2.05, 4.69) is 53.7 Å². The summed E-state index contributed by atoms with van der Waals surface area (Å²) in [6.45, 7) is 13.6. The van der Waals surface area contributed by atoms with E-state index in [4.69, 9.17) is 4.74 Å². The van der Waals surface area contributed by atoms with Gasteiger partial charge >= 0.3 is 0 Å². The number of allylic oxidation sites excluding steroid dienone is 2. The van der Waals surface area contributed by atoms with E-state index in [1.807, 2.05) is 6.07 Å². The minimum atomic E-state index is -0.206. The van der Waals surface area contributed by atoms with E-state index < -0.39 is 0 Å². The highest BCUT2D eigenvalue weighted by molar-refractivity contribution is 5.54. The first-order valence-electron chi connectivity index (χ1n) is 12.9. The Morgan fingerprint density at radius 3 is 2.35 bits per heavy atom. The maximum absolute atomic E-state index is 11.1. The van der Waals surface area contributed by atoms with Gasteiger partial charge in [0.15, 0.2) is 0 Å². The van der Waals surface area contributed by atoms with Gasteiger partial charge in [-0.1, -0.05) is 83.8 Å². The Kier molecular flexibility index (Phi) is 7.81. The van der Waals surface area contributed by atoms with E-state index in [0.29, 0.717) is 17.6 Å². The van der Waals surface area contributed by atoms with Crippen molar-refractivity contribution in [3.05, 3.63) is 34.9 Å². The number of aromatic hydroxyl groups is 1. The van der Waals surface area contributed by atoms with Crippen molar-refractivity contribution in [2.45, 2.75) is 129 Å². The largest absolute Gasteiger partial charge is 0.508 e. The molecule has 0 saturated carbocycles. The summed E-state index contributed by atoms with van der Waals surface area (Å²) in [6, 6.07) is 4.28. The Balaban J connectivity index is 1.68. The van der Waals surface area contributed by atoms with Crippen LogP contribution in [-0.4, -0.2) is 10.7 Å². The van der Waals surface area contributed by atoms with Crippen molar-refractivity contribution in [3.63, 3.8) is 0 Å². The van der Waals surface area contributed by atoms with Crippen molar-refractivity contribution in [1.82, 2.24) is 0 Å². The van der Waals surface area contributed by atoms with Crippen LogP contribution in [-0.2, 0) is 5.41 Å². The number of phenolic OH excluding ortho intramolecular Hbond substituents is 1. The number of benzene rings is 1. The molecule has 2 atom stereocenters. The zero-order valence-electron chi connectivity index (χ0n) is 21.0. The van der Waals surface area contributed by atoms with Crippen LogP contribution in [0.25, 0.3) is 0 Å². The van der Waals surface area contributed by atoms with Crippen molar-refractivity contribution >= 4 is 0 Å². The second kappa shape index (κ2) is 10.0. The average Bonchev–Trinajstić information content (AvgIpc) is 2.68. The summed E-state index contributed by atoms with van der Waals surface area (Å²) in [5.41, 5.74) is 3.53. The summed E-state index contributed by atoms with van der Waals surface area (Å²) in [5.74, 6) is 2.14. The van der Waals surface area contributed by atoms with E-state index in [9.17, 15) is 5.11 Å². The van der Waals surface area contributed by atoms with Crippen LogP contribution in [0.15, 0.2) is 23.8 Å². The van der Waals surface area contributed by atoms with Gasteiger partial charge in [0.25, 0.3) is 0 Å². The second-order valence-electron chi connectivity index (χ2n) is 11.4. The molecule has 31 heavy (non-hydrogen) atoms. The topological polar surface area (TPSA) is 29.5 Å². The molecule has 2 nitrogen and oxygen atoms in total. The van der Waals surface area contributed by atoms with Crippen LogP contribution in [0, 0.1) is 5.92 Å². The molecule has 3 rings (SSSR count). The number of fused-ring (bicyclic) bond motifs is 3. The van der Waals surface area contributed by atoms with Crippen LogP contribution in [0.4, 0.5) is 0 Å². The normalized spacial score (nSPS) is 22.3. The Morgan fingerprint density at radius 1 is 1.03 bits per heavy atom. The van der Waals surface area contributed by atoms with Gasteiger partial charge < -0.3 is 9.84 Å². The third kappa shape index (κ3) is 5.68. The van der Waals surface area contributed by atoms with E-state index in [1.54, 1.807) is 0 Å². The number of ether oxygens (including phenoxy) is 1. The van der Waals surface area contributed by atoms with Gasteiger partial charge in [-0.3, -0.25) is 0 Å². The molecule has 174 valence electrons. The predicted molar refractivity (Wildman–Crippen MR) is 132 cm³/mol. The third-order valence-electron chi connectivity index (χ3n) is 7.94. The van der Waals surface area contributed by atoms with Crippen LogP contribution in [0.5, 0.6) is 11.5 Å². The maximum atomic E-state index is 11.1. The van der Waals surface area contributed by atoms with Crippen LogP contribution in [0.3, 0.4) is 0 Å². The molecule has 2 aliphatic rings. The highest BCUT2D eigenvalue weighted by Crippen LogP contribution is 2.54. The molecule has 2 heteroatoms. The summed E-state index contributed by atoms with van der Waals surface area (Å²) in [5, 5.41) is 11.1. The molecular weight excluding hydrogens is 380 g/mol. The summed E-state index contributed by atoms with van der Waals surface area (Å²) in [7, 11) is 0. The van der Waals surface area contributed by atoms with Gasteiger partial charge in [0.2, 0.25) is 0 Å².